The number of urea groups is 1. The van der Waals surface area contributed by atoms with Crippen molar-refractivity contribution in [1.29, 1.82) is 0 Å². The van der Waals surface area contributed by atoms with Crippen molar-refractivity contribution >= 4 is 35.0 Å². The van der Waals surface area contributed by atoms with Gasteiger partial charge in [0, 0.05) is 52.7 Å². The summed E-state index contributed by atoms with van der Waals surface area (Å²) in [6, 6.07) is 5.19. The average molecular weight is 555 g/mol. The fraction of sp³-hybridized carbons (Fsp3) is 0.607. The number of amides is 5. The first-order valence-corrected chi connectivity index (χ1v) is 14.0. The molecule has 4 heterocycles. The summed E-state index contributed by atoms with van der Waals surface area (Å²) in [4.78, 5) is 68.0. The quantitative estimate of drug-likeness (QED) is 0.567. The number of nitrogens with zero attached hydrogens (tertiary/aromatic N) is 5. The fourth-order valence-electron chi connectivity index (χ4n) is 5.88. The summed E-state index contributed by atoms with van der Waals surface area (Å²) in [5.41, 5.74) is 1.68. The van der Waals surface area contributed by atoms with Gasteiger partial charge in [0.15, 0.2) is 0 Å². The second-order valence-electron chi connectivity index (χ2n) is 11.9. The van der Waals surface area contributed by atoms with Crippen molar-refractivity contribution in [2.45, 2.75) is 64.0 Å². The molecule has 1 aromatic heterocycles. The van der Waals surface area contributed by atoms with Crippen LogP contribution in [0.4, 0.5) is 9.59 Å². The van der Waals surface area contributed by atoms with Crippen molar-refractivity contribution < 1.29 is 23.9 Å². The standard InChI is InChI=1S/C28H38N6O6/c1-28(2,3)40-27(39)33-15-13-32(14-16-33)26(38)31-11-9-18(10-12-31)19-5-6-20-22(17-19)30(4)25(37)34(20)21-7-8-23(35)29-24(21)36/h5-6,17-18,21H,7-16H2,1-4H3,(H,29,35,36). The third-order valence-electron chi connectivity index (χ3n) is 8.07. The number of rotatable bonds is 2. The van der Waals surface area contributed by atoms with Crippen LogP contribution < -0.4 is 11.0 Å². The van der Waals surface area contributed by atoms with E-state index in [0.29, 0.717) is 51.2 Å². The summed E-state index contributed by atoms with van der Waals surface area (Å²) in [6.07, 6.45) is 1.76. The van der Waals surface area contributed by atoms with Gasteiger partial charge in [-0.3, -0.25) is 24.0 Å². The van der Waals surface area contributed by atoms with E-state index in [1.54, 1.807) is 21.4 Å². The number of piperidine rings is 2. The van der Waals surface area contributed by atoms with E-state index >= 15 is 0 Å². The van der Waals surface area contributed by atoms with Crippen molar-refractivity contribution in [3.63, 3.8) is 0 Å². The van der Waals surface area contributed by atoms with Crippen LogP contribution in [0.3, 0.4) is 0 Å². The minimum Gasteiger partial charge on any atom is -0.444 e. The number of imidazole rings is 1. The number of fused-ring (bicyclic) bond motifs is 1. The first kappa shape index (κ1) is 27.7. The molecule has 216 valence electrons. The van der Waals surface area contributed by atoms with Gasteiger partial charge in [-0.25, -0.2) is 14.4 Å². The van der Waals surface area contributed by atoms with Crippen LogP contribution in [0.15, 0.2) is 23.0 Å². The van der Waals surface area contributed by atoms with Gasteiger partial charge >= 0.3 is 17.8 Å². The molecule has 2 aromatic rings. The van der Waals surface area contributed by atoms with E-state index < -0.39 is 17.6 Å². The van der Waals surface area contributed by atoms with Gasteiger partial charge in [0.25, 0.3) is 0 Å². The summed E-state index contributed by atoms with van der Waals surface area (Å²) in [7, 11) is 1.70. The number of hydrogen-bond acceptors (Lipinski definition) is 6. The van der Waals surface area contributed by atoms with Crippen LogP contribution in [-0.4, -0.2) is 92.6 Å². The molecule has 40 heavy (non-hydrogen) atoms. The Labute approximate surface area is 232 Å². The second kappa shape index (κ2) is 10.6. The molecule has 5 amide bonds. The summed E-state index contributed by atoms with van der Waals surface area (Å²) in [6.45, 7) is 8.64. The van der Waals surface area contributed by atoms with Crippen LogP contribution in [0.25, 0.3) is 11.0 Å². The highest BCUT2D eigenvalue weighted by Crippen LogP contribution is 2.32. The Morgan fingerprint density at radius 3 is 2.12 bits per heavy atom. The van der Waals surface area contributed by atoms with E-state index in [1.165, 1.54) is 4.57 Å². The molecule has 3 aliphatic heterocycles. The zero-order valence-electron chi connectivity index (χ0n) is 23.6. The van der Waals surface area contributed by atoms with Crippen molar-refractivity contribution in [2.24, 2.45) is 7.05 Å². The SMILES string of the molecule is Cn1c(=O)n(C2CCC(=O)NC2=O)c2ccc(C3CCN(C(=O)N4CCN(C(=O)OC(C)(C)C)CC4)CC3)cc21. The highest BCUT2D eigenvalue weighted by Gasteiger charge is 2.33. The third-order valence-corrected chi connectivity index (χ3v) is 8.07. The van der Waals surface area contributed by atoms with E-state index in [4.69, 9.17) is 4.74 Å². The van der Waals surface area contributed by atoms with Gasteiger partial charge in [0.05, 0.1) is 11.0 Å². The largest absolute Gasteiger partial charge is 0.444 e. The van der Waals surface area contributed by atoms with Gasteiger partial charge in [-0.2, -0.15) is 0 Å². The van der Waals surface area contributed by atoms with Crippen LogP contribution in [0, 0.1) is 0 Å². The molecule has 3 fully saturated rings. The molecule has 5 rings (SSSR count). The van der Waals surface area contributed by atoms with Crippen LogP contribution in [0.1, 0.15) is 64.0 Å². The smallest absolute Gasteiger partial charge is 0.410 e. The number of piperazine rings is 1. The molecule has 0 radical (unpaired) electrons. The Hall–Kier alpha value is -3.83. The van der Waals surface area contributed by atoms with Gasteiger partial charge in [-0.05, 0) is 63.6 Å². The molecule has 1 N–H and O–H groups in total. The Kier molecular flexibility index (Phi) is 7.36. The normalized spacial score (nSPS) is 21.1. The summed E-state index contributed by atoms with van der Waals surface area (Å²) in [5, 5.41) is 2.34. The first-order chi connectivity index (χ1) is 18.9. The van der Waals surface area contributed by atoms with E-state index in [0.717, 1.165) is 23.9 Å². The number of imide groups is 1. The maximum absolute atomic E-state index is 13.2. The number of nitrogens with one attached hydrogen (secondary N) is 1. The monoisotopic (exact) mass is 554 g/mol. The zero-order chi connectivity index (χ0) is 28.8. The van der Waals surface area contributed by atoms with E-state index in [1.807, 2.05) is 43.9 Å². The molecule has 0 bridgehead atoms. The minimum absolute atomic E-state index is 0.00135. The fourth-order valence-corrected chi connectivity index (χ4v) is 5.88. The van der Waals surface area contributed by atoms with Crippen LogP contribution in [0.5, 0.6) is 0 Å². The van der Waals surface area contributed by atoms with Gasteiger partial charge in [0.2, 0.25) is 11.8 Å². The lowest BCUT2D eigenvalue weighted by Crippen LogP contribution is -2.55. The number of carbonyl (C=O) groups excluding carboxylic acids is 4. The number of aromatic nitrogens is 2. The molecule has 3 saturated heterocycles. The number of benzene rings is 1. The molecular formula is C28H38N6O6. The number of carbonyl (C=O) groups is 4. The van der Waals surface area contributed by atoms with Crippen LogP contribution in [-0.2, 0) is 21.4 Å². The topological polar surface area (TPSA) is 126 Å². The van der Waals surface area contributed by atoms with Gasteiger partial charge < -0.3 is 19.4 Å². The van der Waals surface area contributed by atoms with Crippen LogP contribution >= 0.6 is 0 Å². The predicted octanol–water partition coefficient (Wildman–Crippen LogP) is 2.17. The molecule has 0 spiro atoms. The predicted molar refractivity (Wildman–Crippen MR) is 147 cm³/mol. The van der Waals surface area contributed by atoms with Crippen molar-refractivity contribution in [3.05, 3.63) is 34.2 Å². The molecular weight excluding hydrogens is 516 g/mol. The van der Waals surface area contributed by atoms with Crippen LogP contribution in [0.2, 0.25) is 0 Å². The van der Waals surface area contributed by atoms with E-state index in [9.17, 15) is 24.0 Å². The Bertz CT molecular complexity index is 1390. The van der Waals surface area contributed by atoms with Gasteiger partial charge in [-0.1, -0.05) is 6.07 Å². The van der Waals surface area contributed by atoms with E-state index in [-0.39, 0.29) is 36.1 Å². The lowest BCUT2D eigenvalue weighted by Gasteiger charge is -2.40. The molecule has 12 nitrogen and oxygen atoms in total. The highest BCUT2D eigenvalue weighted by molar-refractivity contribution is 6.00. The lowest BCUT2D eigenvalue weighted by atomic mass is 9.89. The second-order valence-corrected chi connectivity index (χ2v) is 11.9. The lowest BCUT2D eigenvalue weighted by molar-refractivity contribution is -0.135. The first-order valence-electron chi connectivity index (χ1n) is 14.0. The number of ether oxygens (including phenoxy) is 1. The molecule has 12 heteroatoms. The molecule has 1 unspecified atom stereocenters. The summed E-state index contributed by atoms with van der Waals surface area (Å²) < 4.78 is 8.49. The van der Waals surface area contributed by atoms with Gasteiger partial charge in [0.1, 0.15) is 11.6 Å². The molecule has 0 saturated carbocycles. The zero-order valence-corrected chi connectivity index (χ0v) is 23.6. The van der Waals surface area contributed by atoms with E-state index in [2.05, 4.69) is 5.32 Å². The Balaban J connectivity index is 1.20. The molecule has 0 aliphatic carbocycles. The maximum atomic E-state index is 13.2. The Morgan fingerprint density at radius 2 is 1.50 bits per heavy atom. The summed E-state index contributed by atoms with van der Waals surface area (Å²) in [5.74, 6) is -0.519. The molecule has 1 atom stereocenters. The van der Waals surface area contributed by atoms with Crippen molar-refractivity contribution in [2.75, 3.05) is 39.3 Å². The number of hydrogen-bond donors (Lipinski definition) is 1. The van der Waals surface area contributed by atoms with Crippen molar-refractivity contribution in [3.8, 4) is 0 Å². The third kappa shape index (κ3) is 5.44. The minimum atomic E-state index is -0.708. The average Bonchev–Trinajstić information content (AvgIpc) is 3.16. The summed E-state index contributed by atoms with van der Waals surface area (Å²) >= 11 is 0. The number of aryl methyl sites for hydroxylation is 1. The molecule has 1 aromatic carbocycles. The Morgan fingerprint density at radius 1 is 0.875 bits per heavy atom. The maximum Gasteiger partial charge on any atom is 0.410 e. The van der Waals surface area contributed by atoms with Crippen molar-refractivity contribution in [1.82, 2.24) is 29.2 Å². The van der Waals surface area contributed by atoms with Gasteiger partial charge in [-0.15, -0.1) is 0 Å². The number of likely N-dealkylation sites (tertiary alicyclic amines) is 1. The molecule has 3 aliphatic rings. The highest BCUT2D eigenvalue weighted by atomic mass is 16.6.